The van der Waals surface area contributed by atoms with Crippen LogP contribution in [-0.4, -0.2) is 24.5 Å². The zero-order chi connectivity index (χ0) is 18.1. The number of hydrogen-bond acceptors (Lipinski definition) is 4. The molecule has 3 amide bonds. The first kappa shape index (κ1) is 18.0. The molecule has 4 N–H and O–H groups in total. The predicted octanol–water partition coefficient (Wildman–Crippen LogP) is 1.26. The largest absolute Gasteiger partial charge is 0.445 e. The number of primary amides is 1. The van der Waals surface area contributed by atoms with Crippen LogP contribution in [0.1, 0.15) is 17.2 Å². The molecule has 0 saturated heterocycles. The second-order valence-electron chi connectivity index (χ2n) is 5.23. The first-order chi connectivity index (χ1) is 12.1. The van der Waals surface area contributed by atoms with Gasteiger partial charge in [-0.1, -0.05) is 60.7 Å². The minimum Gasteiger partial charge on any atom is -0.445 e. The third kappa shape index (κ3) is 5.98. The molecule has 2 rings (SSSR count). The molecule has 0 aromatic heterocycles. The topological polar surface area (TPSA) is 111 Å². The fraction of sp³-hybridized carbons (Fsp3) is 0.167. The van der Waals surface area contributed by atoms with Crippen LogP contribution >= 0.6 is 0 Å². The van der Waals surface area contributed by atoms with Crippen molar-refractivity contribution in [2.75, 3.05) is 6.54 Å². The number of amides is 3. The van der Waals surface area contributed by atoms with Gasteiger partial charge in [0.25, 0.3) is 0 Å². The Labute approximate surface area is 145 Å². The molecule has 0 spiro atoms. The molecule has 7 nitrogen and oxygen atoms in total. The molecular weight excluding hydrogens is 322 g/mol. The summed E-state index contributed by atoms with van der Waals surface area (Å²) < 4.78 is 4.99. The minimum absolute atomic E-state index is 0.0994. The highest BCUT2D eigenvalue weighted by Crippen LogP contribution is 2.11. The molecule has 25 heavy (non-hydrogen) atoms. The Kier molecular flexibility index (Phi) is 6.53. The summed E-state index contributed by atoms with van der Waals surface area (Å²) in [6.45, 7) is -0.230. The third-order valence-electron chi connectivity index (χ3n) is 3.33. The lowest BCUT2D eigenvalue weighted by molar-refractivity contribution is -0.127. The zero-order valence-electron chi connectivity index (χ0n) is 13.5. The minimum atomic E-state index is -0.962. The van der Waals surface area contributed by atoms with Crippen LogP contribution < -0.4 is 16.4 Å². The van der Waals surface area contributed by atoms with Gasteiger partial charge in [-0.05, 0) is 11.1 Å². The normalized spacial score (nSPS) is 11.2. The molecule has 0 aliphatic heterocycles. The lowest BCUT2D eigenvalue weighted by Crippen LogP contribution is -2.42. The van der Waals surface area contributed by atoms with E-state index in [4.69, 9.17) is 10.5 Å². The molecule has 0 saturated carbocycles. The fourth-order valence-electron chi connectivity index (χ4n) is 2.10. The Morgan fingerprint density at radius 1 is 0.960 bits per heavy atom. The second-order valence-corrected chi connectivity index (χ2v) is 5.23. The Morgan fingerprint density at radius 2 is 1.56 bits per heavy atom. The van der Waals surface area contributed by atoms with E-state index in [2.05, 4.69) is 10.6 Å². The van der Waals surface area contributed by atoms with Crippen molar-refractivity contribution in [3.8, 4) is 0 Å². The predicted molar refractivity (Wildman–Crippen MR) is 91.1 cm³/mol. The average Bonchev–Trinajstić information content (AvgIpc) is 2.64. The number of ether oxygens (including phenoxy) is 1. The van der Waals surface area contributed by atoms with Gasteiger partial charge in [-0.2, -0.15) is 0 Å². The van der Waals surface area contributed by atoms with E-state index >= 15 is 0 Å². The summed E-state index contributed by atoms with van der Waals surface area (Å²) in [6.07, 6.45) is -0.727. The van der Waals surface area contributed by atoms with Crippen molar-refractivity contribution >= 4 is 17.9 Å². The summed E-state index contributed by atoms with van der Waals surface area (Å²) in [5.74, 6) is -1.24. The molecule has 0 radical (unpaired) electrons. The van der Waals surface area contributed by atoms with Crippen LogP contribution in [0.2, 0.25) is 0 Å². The molecular formula is C18H19N3O4. The van der Waals surface area contributed by atoms with Crippen molar-refractivity contribution in [3.63, 3.8) is 0 Å². The molecule has 0 aliphatic rings. The van der Waals surface area contributed by atoms with Gasteiger partial charge in [0.05, 0.1) is 0 Å². The Morgan fingerprint density at radius 3 is 2.16 bits per heavy atom. The molecule has 7 heteroatoms. The average molecular weight is 341 g/mol. The van der Waals surface area contributed by atoms with Crippen molar-refractivity contribution in [1.29, 1.82) is 0 Å². The molecule has 2 aromatic carbocycles. The van der Waals surface area contributed by atoms with Gasteiger partial charge in [0.2, 0.25) is 11.8 Å². The molecule has 1 atom stereocenters. The summed E-state index contributed by atoms with van der Waals surface area (Å²) in [4.78, 5) is 35.1. The van der Waals surface area contributed by atoms with Gasteiger partial charge >= 0.3 is 6.09 Å². The maximum Gasteiger partial charge on any atom is 0.407 e. The van der Waals surface area contributed by atoms with Crippen LogP contribution in [0.15, 0.2) is 60.7 Å². The van der Waals surface area contributed by atoms with Crippen molar-refractivity contribution in [2.45, 2.75) is 12.6 Å². The lowest BCUT2D eigenvalue weighted by atomic mass is 10.1. The molecule has 130 valence electrons. The van der Waals surface area contributed by atoms with E-state index in [1.54, 1.807) is 30.3 Å². The van der Waals surface area contributed by atoms with Gasteiger partial charge in [-0.25, -0.2) is 4.79 Å². The van der Waals surface area contributed by atoms with Gasteiger partial charge in [0, 0.05) is 0 Å². The van der Waals surface area contributed by atoms with Crippen molar-refractivity contribution < 1.29 is 19.1 Å². The molecule has 0 bridgehead atoms. The molecule has 0 aliphatic carbocycles. The van der Waals surface area contributed by atoms with Crippen LogP contribution in [0.4, 0.5) is 4.79 Å². The van der Waals surface area contributed by atoms with Gasteiger partial charge in [0.15, 0.2) is 0 Å². The summed E-state index contributed by atoms with van der Waals surface area (Å²) in [6, 6.07) is 16.8. The van der Waals surface area contributed by atoms with Crippen LogP contribution in [0.3, 0.4) is 0 Å². The highest BCUT2D eigenvalue weighted by atomic mass is 16.5. The first-order valence-corrected chi connectivity index (χ1v) is 7.64. The number of alkyl carbamates (subject to hydrolysis) is 1. The van der Waals surface area contributed by atoms with E-state index in [1.165, 1.54) is 0 Å². The second kappa shape index (κ2) is 9.07. The van der Waals surface area contributed by atoms with E-state index in [1.807, 2.05) is 30.3 Å². The van der Waals surface area contributed by atoms with E-state index < -0.39 is 23.9 Å². The quantitative estimate of drug-likeness (QED) is 0.704. The summed E-state index contributed by atoms with van der Waals surface area (Å²) in [5.41, 5.74) is 6.72. The maximum absolute atomic E-state index is 11.9. The van der Waals surface area contributed by atoms with Crippen molar-refractivity contribution in [3.05, 3.63) is 71.8 Å². The third-order valence-corrected chi connectivity index (χ3v) is 3.33. The molecule has 0 fully saturated rings. The summed E-state index contributed by atoms with van der Waals surface area (Å²) in [7, 11) is 0. The van der Waals surface area contributed by atoms with Crippen molar-refractivity contribution in [2.24, 2.45) is 5.73 Å². The van der Waals surface area contributed by atoms with Crippen LogP contribution in [0.25, 0.3) is 0 Å². The molecule has 0 unspecified atom stereocenters. The van der Waals surface area contributed by atoms with E-state index in [0.29, 0.717) is 5.56 Å². The molecule has 2 aromatic rings. The van der Waals surface area contributed by atoms with Gasteiger partial charge < -0.3 is 21.1 Å². The fourth-order valence-corrected chi connectivity index (χ4v) is 2.10. The number of nitrogens with two attached hydrogens (primary N) is 1. The van der Waals surface area contributed by atoms with Crippen LogP contribution in [-0.2, 0) is 20.9 Å². The maximum atomic E-state index is 11.9. The van der Waals surface area contributed by atoms with Gasteiger partial charge in [-0.3, -0.25) is 9.59 Å². The number of hydrogen-bond donors (Lipinski definition) is 3. The van der Waals surface area contributed by atoms with Gasteiger partial charge in [0.1, 0.15) is 19.2 Å². The highest BCUT2D eigenvalue weighted by Gasteiger charge is 2.20. The number of carbonyl (C=O) groups is 3. The van der Waals surface area contributed by atoms with Crippen LogP contribution in [0.5, 0.6) is 0 Å². The molecule has 0 heterocycles. The summed E-state index contributed by atoms with van der Waals surface area (Å²) >= 11 is 0. The Balaban J connectivity index is 1.79. The lowest BCUT2D eigenvalue weighted by Gasteiger charge is -2.16. The Bertz CT molecular complexity index is 720. The van der Waals surface area contributed by atoms with Crippen molar-refractivity contribution in [1.82, 2.24) is 10.6 Å². The number of carbonyl (C=O) groups excluding carboxylic acids is 3. The summed E-state index contributed by atoms with van der Waals surface area (Å²) in [5, 5.41) is 4.80. The zero-order valence-corrected chi connectivity index (χ0v) is 13.5. The van der Waals surface area contributed by atoms with Gasteiger partial charge in [-0.15, -0.1) is 0 Å². The number of rotatable bonds is 7. The highest BCUT2D eigenvalue weighted by molar-refractivity contribution is 5.89. The first-order valence-electron chi connectivity index (χ1n) is 7.64. The number of nitrogens with one attached hydrogen (secondary N) is 2. The monoisotopic (exact) mass is 341 g/mol. The Hall–Kier alpha value is -3.35. The smallest absolute Gasteiger partial charge is 0.407 e. The standard InChI is InChI=1S/C18H19N3O4/c19-17(23)16(14-9-5-2-6-10-14)21-15(22)11-20-18(24)25-12-13-7-3-1-4-8-13/h1-10,16H,11-12H2,(H2,19,23)(H,20,24)(H,21,22)/t16-/m0/s1. The SMILES string of the molecule is NC(=O)[C@@H](NC(=O)CNC(=O)OCc1ccccc1)c1ccccc1. The van der Waals surface area contributed by atoms with E-state index in [9.17, 15) is 14.4 Å². The van der Waals surface area contributed by atoms with E-state index in [-0.39, 0.29) is 13.2 Å². The van der Waals surface area contributed by atoms with Crippen LogP contribution in [0, 0.1) is 0 Å². The van der Waals surface area contributed by atoms with E-state index in [0.717, 1.165) is 5.56 Å². The number of benzene rings is 2.